The number of nitrogens with one attached hydrogen (secondary N) is 1. The number of esters is 1. The van der Waals surface area contributed by atoms with E-state index < -0.39 is 0 Å². The molecule has 5 heteroatoms. The lowest BCUT2D eigenvalue weighted by Crippen LogP contribution is -2.35. The summed E-state index contributed by atoms with van der Waals surface area (Å²) in [5, 5.41) is 2.91. The summed E-state index contributed by atoms with van der Waals surface area (Å²) in [6.07, 6.45) is 3.20. The predicted molar refractivity (Wildman–Crippen MR) is 62.5 cm³/mol. The molecule has 1 fully saturated rings. The van der Waals surface area contributed by atoms with Gasteiger partial charge in [0, 0.05) is 5.75 Å². The highest BCUT2D eigenvalue weighted by atomic mass is 32.2. The quantitative estimate of drug-likeness (QED) is 0.444. The topological polar surface area (TPSA) is 38.3 Å². The van der Waals surface area contributed by atoms with E-state index in [9.17, 15) is 4.79 Å². The van der Waals surface area contributed by atoms with Gasteiger partial charge < -0.3 is 10.1 Å². The molecule has 1 rings (SSSR count). The fraction of sp³-hybridized carbons (Fsp3) is 0.778. The number of carbonyl (C=O) groups is 1. The number of ether oxygens (including phenoxy) is 1. The highest BCUT2D eigenvalue weighted by molar-refractivity contribution is 8.23. The highest BCUT2D eigenvalue weighted by Crippen LogP contribution is 2.14. The fourth-order valence-electron chi connectivity index (χ4n) is 1.14. The van der Waals surface area contributed by atoms with Crippen LogP contribution < -0.4 is 5.32 Å². The van der Waals surface area contributed by atoms with Crippen LogP contribution in [0.1, 0.15) is 26.2 Å². The predicted octanol–water partition coefficient (Wildman–Crippen LogP) is 1.71. The Bertz CT molecular complexity index is 221. The highest BCUT2D eigenvalue weighted by Gasteiger charge is 2.26. The molecule has 1 aliphatic rings. The SMILES string of the molecule is CCCCCOC(=O)[C@@H]1CSC(=S)N1. The van der Waals surface area contributed by atoms with Crippen LogP contribution in [-0.4, -0.2) is 28.7 Å². The first-order chi connectivity index (χ1) is 6.74. The first-order valence-electron chi connectivity index (χ1n) is 4.84. The maximum atomic E-state index is 11.4. The van der Waals surface area contributed by atoms with Gasteiger partial charge in [-0.1, -0.05) is 43.7 Å². The normalized spacial score (nSPS) is 20.6. The van der Waals surface area contributed by atoms with Gasteiger partial charge in [0.1, 0.15) is 10.4 Å². The maximum absolute atomic E-state index is 11.4. The van der Waals surface area contributed by atoms with Gasteiger partial charge in [0.25, 0.3) is 0 Å². The van der Waals surface area contributed by atoms with Gasteiger partial charge in [0.2, 0.25) is 0 Å². The lowest BCUT2D eigenvalue weighted by molar-refractivity contribution is -0.145. The van der Waals surface area contributed by atoms with Crippen molar-refractivity contribution in [1.29, 1.82) is 0 Å². The molecule has 0 aliphatic carbocycles. The Morgan fingerprint density at radius 2 is 2.50 bits per heavy atom. The molecule has 0 saturated carbocycles. The van der Waals surface area contributed by atoms with Crippen molar-refractivity contribution in [3.63, 3.8) is 0 Å². The molecule has 0 amide bonds. The summed E-state index contributed by atoms with van der Waals surface area (Å²) in [7, 11) is 0. The van der Waals surface area contributed by atoms with Gasteiger partial charge in [-0.2, -0.15) is 0 Å². The second-order valence-corrected chi connectivity index (χ2v) is 4.87. The van der Waals surface area contributed by atoms with Gasteiger partial charge in [0.05, 0.1) is 6.61 Å². The van der Waals surface area contributed by atoms with E-state index in [0.29, 0.717) is 16.7 Å². The number of thiocarbonyl (C=S) groups is 1. The zero-order valence-electron chi connectivity index (χ0n) is 8.25. The third-order valence-corrected chi connectivity index (χ3v) is 3.30. The number of hydrogen-bond acceptors (Lipinski definition) is 4. The molecule has 3 nitrogen and oxygen atoms in total. The largest absolute Gasteiger partial charge is 0.464 e. The Morgan fingerprint density at radius 3 is 3.07 bits per heavy atom. The molecular formula is C9H15NO2S2. The van der Waals surface area contributed by atoms with Crippen LogP contribution in [0.4, 0.5) is 0 Å². The van der Waals surface area contributed by atoms with E-state index in [1.54, 1.807) is 0 Å². The number of thioether (sulfide) groups is 1. The third-order valence-electron chi connectivity index (χ3n) is 1.95. The molecular weight excluding hydrogens is 218 g/mol. The summed E-state index contributed by atoms with van der Waals surface area (Å²) >= 11 is 6.41. The van der Waals surface area contributed by atoms with Crippen molar-refractivity contribution in [3.05, 3.63) is 0 Å². The van der Waals surface area contributed by atoms with Crippen molar-refractivity contribution in [2.45, 2.75) is 32.2 Å². The minimum absolute atomic E-state index is 0.173. The van der Waals surface area contributed by atoms with Crippen LogP contribution in [-0.2, 0) is 9.53 Å². The average Bonchev–Trinajstić information content (AvgIpc) is 2.59. The van der Waals surface area contributed by atoms with Crippen LogP contribution in [0.15, 0.2) is 0 Å². The van der Waals surface area contributed by atoms with Gasteiger partial charge in [-0.15, -0.1) is 0 Å². The Morgan fingerprint density at radius 1 is 1.71 bits per heavy atom. The summed E-state index contributed by atoms with van der Waals surface area (Å²) < 4.78 is 5.80. The van der Waals surface area contributed by atoms with E-state index in [4.69, 9.17) is 17.0 Å². The van der Waals surface area contributed by atoms with E-state index in [1.165, 1.54) is 11.8 Å². The summed E-state index contributed by atoms with van der Waals surface area (Å²) in [5.74, 6) is 0.527. The standard InChI is InChI=1S/C9H15NO2S2/c1-2-3-4-5-12-8(11)7-6-14-9(13)10-7/h7H,2-6H2,1H3,(H,10,13)/t7-/m0/s1. The third kappa shape index (κ3) is 3.84. The molecule has 0 aromatic rings. The van der Waals surface area contributed by atoms with Crippen LogP contribution in [0.25, 0.3) is 0 Å². The second-order valence-electron chi connectivity index (χ2n) is 3.17. The minimum Gasteiger partial charge on any atom is -0.464 e. The van der Waals surface area contributed by atoms with Gasteiger partial charge in [0.15, 0.2) is 0 Å². The van der Waals surface area contributed by atoms with Crippen LogP contribution in [0, 0.1) is 0 Å². The van der Waals surface area contributed by atoms with Gasteiger partial charge in [-0.3, -0.25) is 0 Å². The van der Waals surface area contributed by atoms with Crippen molar-refractivity contribution in [3.8, 4) is 0 Å². The fourth-order valence-corrected chi connectivity index (χ4v) is 2.25. The summed E-state index contributed by atoms with van der Waals surface area (Å²) in [5.41, 5.74) is 0. The van der Waals surface area contributed by atoms with Crippen LogP contribution in [0.5, 0.6) is 0 Å². The lowest BCUT2D eigenvalue weighted by Gasteiger charge is -2.09. The van der Waals surface area contributed by atoms with Gasteiger partial charge in [-0.05, 0) is 6.42 Å². The Balaban J connectivity index is 2.12. The molecule has 1 N–H and O–H groups in total. The molecule has 14 heavy (non-hydrogen) atoms. The molecule has 0 aromatic carbocycles. The monoisotopic (exact) mass is 233 g/mol. The second kappa shape index (κ2) is 6.24. The van der Waals surface area contributed by atoms with Crippen molar-refractivity contribution < 1.29 is 9.53 Å². The van der Waals surface area contributed by atoms with E-state index in [-0.39, 0.29) is 12.0 Å². The van der Waals surface area contributed by atoms with Crippen LogP contribution >= 0.6 is 24.0 Å². The zero-order chi connectivity index (χ0) is 10.4. The van der Waals surface area contributed by atoms with Crippen molar-refractivity contribution >= 4 is 34.3 Å². The molecule has 0 spiro atoms. The molecule has 0 radical (unpaired) electrons. The molecule has 0 aromatic heterocycles. The number of unbranched alkanes of at least 4 members (excludes halogenated alkanes) is 2. The molecule has 1 atom stereocenters. The summed E-state index contributed by atoms with van der Waals surface area (Å²) in [6.45, 7) is 2.65. The number of hydrogen-bond donors (Lipinski definition) is 1. The summed E-state index contributed by atoms with van der Waals surface area (Å²) in [6, 6.07) is -0.228. The summed E-state index contributed by atoms with van der Waals surface area (Å²) in [4.78, 5) is 11.4. The lowest BCUT2D eigenvalue weighted by atomic mass is 10.3. The number of rotatable bonds is 5. The Hall–Kier alpha value is -0.290. The zero-order valence-corrected chi connectivity index (χ0v) is 9.88. The van der Waals surface area contributed by atoms with Crippen LogP contribution in [0.2, 0.25) is 0 Å². The van der Waals surface area contributed by atoms with Crippen LogP contribution in [0.3, 0.4) is 0 Å². The molecule has 80 valence electrons. The van der Waals surface area contributed by atoms with E-state index in [2.05, 4.69) is 12.2 Å². The first-order valence-corrected chi connectivity index (χ1v) is 6.23. The first kappa shape index (κ1) is 11.8. The molecule has 0 unspecified atom stereocenters. The molecule has 1 saturated heterocycles. The average molecular weight is 233 g/mol. The molecule has 0 bridgehead atoms. The van der Waals surface area contributed by atoms with E-state index in [1.807, 2.05) is 0 Å². The maximum Gasteiger partial charge on any atom is 0.329 e. The Kier molecular flexibility index (Phi) is 5.25. The molecule has 1 heterocycles. The Labute approximate surface area is 94.0 Å². The van der Waals surface area contributed by atoms with E-state index in [0.717, 1.165) is 19.3 Å². The number of carbonyl (C=O) groups excluding carboxylic acids is 1. The van der Waals surface area contributed by atoms with Crippen molar-refractivity contribution in [2.75, 3.05) is 12.4 Å². The van der Waals surface area contributed by atoms with Crippen molar-refractivity contribution in [1.82, 2.24) is 5.32 Å². The van der Waals surface area contributed by atoms with Gasteiger partial charge in [-0.25, -0.2) is 4.79 Å². The van der Waals surface area contributed by atoms with E-state index >= 15 is 0 Å². The van der Waals surface area contributed by atoms with Crippen molar-refractivity contribution in [2.24, 2.45) is 0 Å². The van der Waals surface area contributed by atoms with Gasteiger partial charge >= 0.3 is 5.97 Å². The smallest absolute Gasteiger partial charge is 0.329 e. The molecule has 1 aliphatic heterocycles. The minimum atomic E-state index is -0.228.